The van der Waals surface area contributed by atoms with Crippen LogP contribution < -0.4 is 15.8 Å². The van der Waals surface area contributed by atoms with Crippen molar-refractivity contribution in [1.29, 1.82) is 0 Å². The molecule has 4 nitrogen and oxygen atoms in total. The molecule has 1 fully saturated rings. The SMILES string of the molecule is COc1ccc(CCN=C(N)NC2CC2C)cc1. The molecule has 3 N–H and O–H groups in total. The van der Waals surface area contributed by atoms with Crippen molar-refractivity contribution in [2.24, 2.45) is 16.6 Å². The lowest BCUT2D eigenvalue weighted by Crippen LogP contribution is -2.34. The summed E-state index contributed by atoms with van der Waals surface area (Å²) < 4.78 is 5.12. The summed E-state index contributed by atoms with van der Waals surface area (Å²) in [5.74, 6) is 2.18. The molecule has 0 bridgehead atoms. The second-order valence-electron chi connectivity index (χ2n) is 4.83. The minimum Gasteiger partial charge on any atom is -0.497 e. The van der Waals surface area contributed by atoms with Gasteiger partial charge in [-0.1, -0.05) is 19.1 Å². The van der Waals surface area contributed by atoms with Gasteiger partial charge in [-0.15, -0.1) is 0 Å². The van der Waals surface area contributed by atoms with Gasteiger partial charge in [0.25, 0.3) is 0 Å². The highest BCUT2D eigenvalue weighted by atomic mass is 16.5. The molecule has 2 atom stereocenters. The maximum absolute atomic E-state index is 5.81. The molecule has 0 amide bonds. The Morgan fingerprint density at radius 2 is 2.11 bits per heavy atom. The number of guanidine groups is 1. The third-order valence-corrected chi connectivity index (χ3v) is 3.28. The fraction of sp³-hybridized carbons (Fsp3) is 0.500. The van der Waals surface area contributed by atoms with Gasteiger partial charge in [0, 0.05) is 12.6 Å². The summed E-state index contributed by atoms with van der Waals surface area (Å²) in [7, 11) is 1.67. The largest absolute Gasteiger partial charge is 0.497 e. The second-order valence-corrected chi connectivity index (χ2v) is 4.83. The van der Waals surface area contributed by atoms with Crippen LogP contribution in [0.4, 0.5) is 0 Å². The predicted molar refractivity (Wildman–Crippen MR) is 73.9 cm³/mol. The van der Waals surface area contributed by atoms with Crippen molar-refractivity contribution in [3.05, 3.63) is 29.8 Å². The van der Waals surface area contributed by atoms with Crippen molar-refractivity contribution in [1.82, 2.24) is 5.32 Å². The number of hydrogen-bond acceptors (Lipinski definition) is 2. The first-order valence-electron chi connectivity index (χ1n) is 6.38. The van der Waals surface area contributed by atoms with Gasteiger partial charge in [0.1, 0.15) is 5.75 Å². The van der Waals surface area contributed by atoms with Crippen molar-refractivity contribution in [3.8, 4) is 5.75 Å². The normalized spacial score (nSPS) is 22.7. The van der Waals surface area contributed by atoms with Gasteiger partial charge in [-0.05, 0) is 36.5 Å². The van der Waals surface area contributed by atoms with Crippen LogP contribution in [0.15, 0.2) is 29.3 Å². The number of rotatable bonds is 5. The van der Waals surface area contributed by atoms with E-state index in [4.69, 9.17) is 10.5 Å². The Hall–Kier alpha value is -1.71. The van der Waals surface area contributed by atoms with E-state index in [2.05, 4.69) is 29.4 Å². The summed E-state index contributed by atoms with van der Waals surface area (Å²) in [5, 5.41) is 3.22. The van der Waals surface area contributed by atoms with E-state index in [0.717, 1.165) is 18.1 Å². The summed E-state index contributed by atoms with van der Waals surface area (Å²) in [6, 6.07) is 8.58. The van der Waals surface area contributed by atoms with E-state index in [0.29, 0.717) is 18.5 Å². The molecule has 2 rings (SSSR count). The minimum atomic E-state index is 0.537. The van der Waals surface area contributed by atoms with E-state index < -0.39 is 0 Å². The van der Waals surface area contributed by atoms with Gasteiger partial charge >= 0.3 is 0 Å². The number of aliphatic imine (C=N–C) groups is 1. The van der Waals surface area contributed by atoms with E-state index in [1.807, 2.05) is 12.1 Å². The second kappa shape index (κ2) is 5.76. The summed E-state index contributed by atoms with van der Waals surface area (Å²) in [5.41, 5.74) is 7.05. The van der Waals surface area contributed by atoms with Crippen LogP contribution in [0.25, 0.3) is 0 Å². The van der Waals surface area contributed by atoms with Crippen molar-refractivity contribution in [2.75, 3.05) is 13.7 Å². The quantitative estimate of drug-likeness (QED) is 0.613. The lowest BCUT2D eigenvalue weighted by atomic mass is 10.1. The first-order chi connectivity index (χ1) is 8.69. The van der Waals surface area contributed by atoms with Crippen LogP contribution in [0.5, 0.6) is 5.75 Å². The van der Waals surface area contributed by atoms with Gasteiger partial charge in [-0.3, -0.25) is 4.99 Å². The molecule has 4 heteroatoms. The van der Waals surface area contributed by atoms with E-state index >= 15 is 0 Å². The van der Waals surface area contributed by atoms with Gasteiger partial charge < -0.3 is 15.8 Å². The third-order valence-electron chi connectivity index (χ3n) is 3.28. The number of nitrogens with two attached hydrogens (primary N) is 1. The fourth-order valence-electron chi connectivity index (χ4n) is 1.86. The highest BCUT2D eigenvalue weighted by Gasteiger charge is 2.32. The van der Waals surface area contributed by atoms with Gasteiger partial charge in [0.2, 0.25) is 0 Å². The molecule has 1 saturated carbocycles. The molecule has 0 spiro atoms. The van der Waals surface area contributed by atoms with Crippen LogP contribution in [0.1, 0.15) is 18.9 Å². The molecule has 1 aliphatic rings. The lowest BCUT2D eigenvalue weighted by molar-refractivity contribution is 0.414. The van der Waals surface area contributed by atoms with Gasteiger partial charge in [-0.2, -0.15) is 0 Å². The monoisotopic (exact) mass is 247 g/mol. The molecule has 2 unspecified atom stereocenters. The van der Waals surface area contributed by atoms with Crippen LogP contribution in [0.3, 0.4) is 0 Å². The van der Waals surface area contributed by atoms with Gasteiger partial charge in [-0.25, -0.2) is 0 Å². The summed E-state index contributed by atoms with van der Waals surface area (Å²) in [6.45, 7) is 2.93. The number of hydrogen-bond donors (Lipinski definition) is 2. The molecule has 98 valence electrons. The highest BCUT2D eigenvalue weighted by Crippen LogP contribution is 2.28. The van der Waals surface area contributed by atoms with Crippen molar-refractivity contribution in [2.45, 2.75) is 25.8 Å². The van der Waals surface area contributed by atoms with Gasteiger partial charge in [0.15, 0.2) is 5.96 Å². The molecule has 0 saturated heterocycles. The molecule has 18 heavy (non-hydrogen) atoms. The molecule has 0 heterocycles. The smallest absolute Gasteiger partial charge is 0.188 e. The predicted octanol–water partition coefficient (Wildman–Crippen LogP) is 1.55. The third kappa shape index (κ3) is 3.65. The Labute approximate surface area is 108 Å². The molecule has 0 radical (unpaired) electrons. The Bertz CT molecular complexity index is 414. The van der Waals surface area contributed by atoms with Crippen LogP contribution in [-0.2, 0) is 6.42 Å². The average Bonchev–Trinajstić information content (AvgIpc) is 3.05. The zero-order chi connectivity index (χ0) is 13.0. The Kier molecular flexibility index (Phi) is 4.07. The van der Waals surface area contributed by atoms with Crippen LogP contribution in [0.2, 0.25) is 0 Å². The van der Waals surface area contributed by atoms with E-state index in [9.17, 15) is 0 Å². The summed E-state index contributed by atoms with van der Waals surface area (Å²) in [4.78, 5) is 4.33. The van der Waals surface area contributed by atoms with Crippen molar-refractivity contribution < 1.29 is 4.74 Å². The number of nitrogens with zero attached hydrogens (tertiary/aromatic N) is 1. The number of benzene rings is 1. The highest BCUT2D eigenvalue weighted by molar-refractivity contribution is 5.78. The molecule has 0 aromatic heterocycles. The molecule has 1 aliphatic carbocycles. The van der Waals surface area contributed by atoms with E-state index in [-0.39, 0.29) is 0 Å². The van der Waals surface area contributed by atoms with Crippen LogP contribution in [0, 0.1) is 5.92 Å². The average molecular weight is 247 g/mol. The molecular formula is C14H21N3O. The number of ether oxygens (including phenoxy) is 1. The van der Waals surface area contributed by atoms with Gasteiger partial charge in [0.05, 0.1) is 7.11 Å². The van der Waals surface area contributed by atoms with Crippen molar-refractivity contribution in [3.63, 3.8) is 0 Å². The Morgan fingerprint density at radius 1 is 1.44 bits per heavy atom. The first kappa shape index (κ1) is 12.7. The zero-order valence-electron chi connectivity index (χ0n) is 11.0. The topological polar surface area (TPSA) is 59.6 Å². The van der Waals surface area contributed by atoms with Crippen LogP contribution in [-0.4, -0.2) is 25.7 Å². The molecule has 1 aromatic rings. The number of nitrogens with one attached hydrogen (secondary N) is 1. The summed E-state index contributed by atoms with van der Waals surface area (Å²) >= 11 is 0. The lowest BCUT2D eigenvalue weighted by Gasteiger charge is -2.04. The molecule has 1 aromatic carbocycles. The summed E-state index contributed by atoms with van der Waals surface area (Å²) in [6.07, 6.45) is 2.10. The van der Waals surface area contributed by atoms with Crippen molar-refractivity contribution >= 4 is 5.96 Å². The molecule has 0 aliphatic heterocycles. The van der Waals surface area contributed by atoms with E-state index in [1.54, 1.807) is 7.11 Å². The maximum Gasteiger partial charge on any atom is 0.188 e. The maximum atomic E-state index is 5.81. The number of methoxy groups -OCH3 is 1. The minimum absolute atomic E-state index is 0.537. The Morgan fingerprint density at radius 3 is 2.67 bits per heavy atom. The first-order valence-corrected chi connectivity index (χ1v) is 6.38. The molecular weight excluding hydrogens is 226 g/mol. The fourth-order valence-corrected chi connectivity index (χ4v) is 1.86. The Balaban J connectivity index is 1.74. The zero-order valence-corrected chi connectivity index (χ0v) is 11.0. The van der Waals surface area contributed by atoms with Crippen LogP contribution >= 0.6 is 0 Å². The standard InChI is InChI=1S/C14H21N3O/c1-10-9-13(10)17-14(15)16-8-7-11-3-5-12(18-2)6-4-11/h3-6,10,13H,7-9H2,1-2H3,(H3,15,16,17). The van der Waals surface area contributed by atoms with E-state index in [1.165, 1.54) is 12.0 Å².